The van der Waals surface area contributed by atoms with E-state index in [1.807, 2.05) is 43.3 Å². The highest BCUT2D eigenvalue weighted by atomic mass is 16.5. The lowest BCUT2D eigenvalue weighted by Gasteiger charge is -2.37. The lowest BCUT2D eigenvalue weighted by atomic mass is 9.74. The van der Waals surface area contributed by atoms with Gasteiger partial charge in [-0.2, -0.15) is 0 Å². The summed E-state index contributed by atoms with van der Waals surface area (Å²) in [4.78, 5) is 48.3. The lowest BCUT2D eigenvalue weighted by molar-refractivity contribution is -0.141. The summed E-state index contributed by atoms with van der Waals surface area (Å²) in [5, 5.41) is 6.28. The number of hydrogen-bond acceptors (Lipinski definition) is 6. The second kappa shape index (κ2) is 11.3. The normalized spacial score (nSPS) is 32.5. The highest BCUT2D eigenvalue weighted by molar-refractivity contribution is 6.02. The minimum atomic E-state index is -1.11. The van der Waals surface area contributed by atoms with Crippen molar-refractivity contribution in [3.8, 4) is 0 Å². The van der Waals surface area contributed by atoms with Crippen molar-refractivity contribution >= 4 is 23.4 Å². The molecule has 1 aromatic carbocycles. The van der Waals surface area contributed by atoms with Crippen molar-refractivity contribution in [2.45, 2.75) is 69.7 Å². The number of benzene rings is 1. The van der Waals surface area contributed by atoms with E-state index in [1.54, 1.807) is 4.90 Å². The molecule has 3 saturated heterocycles. The average molecular weight is 550 g/mol. The van der Waals surface area contributed by atoms with E-state index >= 15 is 0 Å². The predicted octanol–water partition coefficient (Wildman–Crippen LogP) is 2.17. The van der Waals surface area contributed by atoms with Crippen molar-refractivity contribution in [3.63, 3.8) is 0 Å². The van der Waals surface area contributed by atoms with Crippen molar-refractivity contribution < 1.29 is 19.1 Å². The van der Waals surface area contributed by atoms with Gasteiger partial charge in [-0.1, -0.05) is 56.0 Å². The predicted molar refractivity (Wildman–Crippen MR) is 153 cm³/mol. The summed E-state index contributed by atoms with van der Waals surface area (Å²) < 4.78 is 6.50. The molecule has 0 aromatic heterocycles. The number of fused-ring (bicyclic) bond motifs is 1. The molecule has 216 valence electrons. The molecule has 4 aliphatic heterocycles. The molecule has 1 aliphatic carbocycles. The summed E-state index contributed by atoms with van der Waals surface area (Å²) in [5.74, 6) is -1.92. The summed E-state index contributed by atoms with van der Waals surface area (Å²) in [5.41, 5.74) is 0.681. The van der Waals surface area contributed by atoms with Gasteiger partial charge in [0.05, 0.1) is 17.9 Å². The first-order chi connectivity index (χ1) is 19.4. The van der Waals surface area contributed by atoms with Crippen LogP contribution in [-0.4, -0.2) is 102 Å². The molecule has 1 saturated carbocycles. The zero-order valence-corrected chi connectivity index (χ0v) is 23.8. The van der Waals surface area contributed by atoms with Crippen LogP contribution in [-0.2, 0) is 19.1 Å². The third-order valence-electron chi connectivity index (χ3n) is 9.76. The molecular weight excluding hydrogens is 506 g/mol. The van der Waals surface area contributed by atoms with Crippen LogP contribution in [0.5, 0.6) is 0 Å². The van der Waals surface area contributed by atoms with E-state index in [9.17, 15) is 14.4 Å². The Hall–Kier alpha value is -2.75. The minimum absolute atomic E-state index is 0.124. The smallest absolute Gasteiger partial charge is 0.246 e. The summed E-state index contributed by atoms with van der Waals surface area (Å²) in [6, 6.07) is 6.98. The number of carbonyl (C=O) groups excluding carboxylic acids is 3. The van der Waals surface area contributed by atoms with Gasteiger partial charge in [0.25, 0.3) is 0 Å². The lowest BCUT2D eigenvalue weighted by Crippen LogP contribution is -2.57. The number of amides is 3. The maximum absolute atomic E-state index is 14.2. The number of likely N-dealkylation sites (N-methyl/N-ethyl adjacent to an activating group) is 1. The molecule has 2 N–H and O–H groups in total. The summed E-state index contributed by atoms with van der Waals surface area (Å²) in [6.45, 7) is 10.3. The van der Waals surface area contributed by atoms with Gasteiger partial charge >= 0.3 is 0 Å². The Morgan fingerprint density at radius 1 is 0.975 bits per heavy atom. The van der Waals surface area contributed by atoms with Gasteiger partial charge in [-0.15, -0.1) is 0 Å². The zero-order valence-electron chi connectivity index (χ0n) is 23.8. The number of aryl methyl sites for hydroxylation is 1. The molecule has 2 bridgehead atoms. The number of anilines is 1. The van der Waals surface area contributed by atoms with Gasteiger partial charge in [0.1, 0.15) is 11.6 Å². The van der Waals surface area contributed by atoms with Crippen LogP contribution in [0.1, 0.15) is 44.6 Å². The fourth-order valence-electron chi connectivity index (χ4n) is 7.48. The van der Waals surface area contributed by atoms with Gasteiger partial charge in [0, 0.05) is 51.0 Å². The number of carbonyl (C=O) groups is 3. The van der Waals surface area contributed by atoms with Gasteiger partial charge in [-0.05, 0) is 38.4 Å². The molecule has 0 radical (unpaired) electrons. The number of piperazine rings is 1. The van der Waals surface area contributed by atoms with Crippen LogP contribution in [0.25, 0.3) is 0 Å². The maximum Gasteiger partial charge on any atom is 0.246 e. The summed E-state index contributed by atoms with van der Waals surface area (Å²) in [6.07, 6.45) is 8.61. The number of rotatable bonds is 8. The van der Waals surface area contributed by atoms with Crippen LogP contribution >= 0.6 is 0 Å². The van der Waals surface area contributed by atoms with Crippen LogP contribution in [0, 0.1) is 18.8 Å². The van der Waals surface area contributed by atoms with Gasteiger partial charge in [0.2, 0.25) is 17.7 Å². The Balaban J connectivity index is 1.24. The molecule has 1 spiro atoms. The number of ether oxygens (including phenoxy) is 1. The fourth-order valence-corrected chi connectivity index (χ4v) is 7.48. The Kier molecular flexibility index (Phi) is 7.72. The standard InChI is InChI=1S/C31H43N5O4/c1-3-34-15-17-35(18-16-34)19-20-36-27(29(38)33-22-7-5-4-6-8-22)31-14-13-24(40-31)25(26(31)30(36)39)28(37)32-23-11-9-21(2)10-12-23/h9-14,22,24-27H,3-8,15-20H2,1-2H3,(H,32,37)(H,33,38). The Morgan fingerprint density at radius 2 is 1.68 bits per heavy atom. The first-order valence-electron chi connectivity index (χ1n) is 15.2. The first kappa shape index (κ1) is 27.4. The van der Waals surface area contributed by atoms with Crippen molar-refractivity contribution in [1.82, 2.24) is 20.0 Å². The highest BCUT2D eigenvalue weighted by Gasteiger charge is 2.72. The number of nitrogens with zero attached hydrogens (tertiary/aromatic N) is 3. The molecule has 4 fully saturated rings. The molecule has 5 atom stereocenters. The van der Waals surface area contributed by atoms with E-state index in [-0.39, 0.29) is 23.8 Å². The van der Waals surface area contributed by atoms with Gasteiger partial charge < -0.3 is 25.2 Å². The highest BCUT2D eigenvalue weighted by Crippen LogP contribution is 2.55. The molecule has 3 amide bonds. The van der Waals surface area contributed by atoms with Gasteiger partial charge in [0.15, 0.2) is 0 Å². The van der Waals surface area contributed by atoms with Gasteiger partial charge in [-0.3, -0.25) is 19.3 Å². The Labute approximate surface area is 237 Å². The van der Waals surface area contributed by atoms with E-state index in [0.29, 0.717) is 18.8 Å². The van der Waals surface area contributed by atoms with E-state index in [4.69, 9.17) is 4.74 Å². The minimum Gasteiger partial charge on any atom is -0.359 e. The molecule has 1 aromatic rings. The fraction of sp³-hybridized carbons (Fsp3) is 0.645. The summed E-state index contributed by atoms with van der Waals surface area (Å²) in [7, 11) is 0. The Morgan fingerprint density at radius 3 is 2.38 bits per heavy atom. The van der Waals surface area contributed by atoms with Crippen molar-refractivity contribution in [2.75, 3.05) is 51.1 Å². The third kappa shape index (κ3) is 4.97. The molecule has 6 rings (SSSR count). The first-order valence-corrected chi connectivity index (χ1v) is 15.2. The SMILES string of the molecule is CCN1CCN(CCN2C(=O)C3C(C(=O)Nc4ccc(C)cc4)C4C=CC3(O4)C2C(=O)NC2CCCCC2)CC1. The monoisotopic (exact) mass is 549 g/mol. The van der Waals surface area contributed by atoms with Crippen LogP contribution in [0.2, 0.25) is 0 Å². The second-order valence-electron chi connectivity index (χ2n) is 12.2. The molecular formula is C31H43N5O4. The summed E-state index contributed by atoms with van der Waals surface area (Å²) >= 11 is 0. The van der Waals surface area contributed by atoms with E-state index in [1.165, 1.54) is 6.42 Å². The number of hydrogen-bond donors (Lipinski definition) is 2. The van der Waals surface area contributed by atoms with Crippen LogP contribution in [0.3, 0.4) is 0 Å². The number of nitrogens with one attached hydrogen (secondary N) is 2. The average Bonchev–Trinajstić information content (AvgIpc) is 3.61. The van der Waals surface area contributed by atoms with E-state index in [2.05, 4.69) is 27.4 Å². The van der Waals surface area contributed by atoms with Gasteiger partial charge in [-0.25, -0.2) is 0 Å². The maximum atomic E-state index is 14.2. The molecule has 5 aliphatic rings. The third-order valence-corrected chi connectivity index (χ3v) is 9.76. The van der Waals surface area contributed by atoms with Crippen molar-refractivity contribution in [2.24, 2.45) is 11.8 Å². The van der Waals surface area contributed by atoms with Crippen molar-refractivity contribution in [3.05, 3.63) is 42.0 Å². The molecule has 4 heterocycles. The van der Waals surface area contributed by atoms with Crippen LogP contribution in [0.4, 0.5) is 5.69 Å². The van der Waals surface area contributed by atoms with E-state index in [0.717, 1.165) is 64.0 Å². The number of likely N-dealkylation sites (tertiary alicyclic amines) is 1. The molecule has 40 heavy (non-hydrogen) atoms. The molecule has 5 unspecified atom stereocenters. The van der Waals surface area contributed by atoms with E-state index < -0.39 is 29.6 Å². The Bertz CT molecular complexity index is 1140. The molecule has 9 nitrogen and oxygen atoms in total. The quantitative estimate of drug-likeness (QED) is 0.483. The topological polar surface area (TPSA) is 94.2 Å². The van der Waals surface area contributed by atoms with Crippen LogP contribution in [0.15, 0.2) is 36.4 Å². The van der Waals surface area contributed by atoms with Crippen molar-refractivity contribution in [1.29, 1.82) is 0 Å². The molecule has 9 heteroatoms. The second-order valence-corrected chi connectivity index (χ2v) is 12.2. The largest absolute Gasteiger partial charge is 0.359 e. The zero-order chi connectivity index (χ0) is 27.9. The van der Waals surface area contributed by atoms with Crippen LogP contribution < -0.4 is 10.6 Å².